The van der Waals surface area contributed by atoms with E-state index in [-0.39, 0.29) is 23.4 Å². The maximum atomic E-state index is 15.2. The number of hydrogen-bond donors (Lipinski definition) is 1. The van der Waals surface area contributed by atoms with Crippen molar-refractivity contribution in [1.29, 1.82) is 0 Å². The van der Waals surface area contributed by atoms with E-state index in [0.717, 1.165) is 44.2 Å². The van der Waals surface area contributed by atoms with Gasteiger partial charge in [-0.05, 0) is 54.2 Å². The van der Waals surface area contributed by atoms with Gasteiger partial charge in [0, 0.05) is 25.0 Å². The van der Waals surface area contributed by atoms with E-state index >= 15 is 8.78 Å². The molecular weight excluding hydrogens is 477 g/mol. The van der Waals surface area contributed by atoms with Crippen LogP contribution in [0.3, 0.4) is 0 Å². The Balaban J connectivity index is 2.51. The van der Waals surface area contributed by atoms with Crippen molar-refractivity contribution in [2.75, 3.05) is 6.54 Å². The first kappa shape index (κ1) is 30.5. The minimum atomic E-state index is -4.54. The fraction of sp³-hybridized carbons (Fsp3) is 0.750. The predicted molar refractivity (Wildman–Crippen MR) is 132 cm³/mol. The van der Waals surface area contributed by atoms with Crippen molar-refractivity contribution in [2.45, 2.75) is 111 Å². The summed E-state index contributed by atoms with van der Waals surface area (Å²) in [6.45, 7) is 12.9. The second kappa shape index (κ2) is 11.4. The van der Waals surface area contributed by atoms with Crippen molar-refractivity contribution < 1.29 is 31.9 Å². The lowest BCUT2D eigenvalue weighted by Gasteiger charge is -2.49. The monoisotopic (exact) mass is 519 g/mol. The zero-order valence-electron chi connectivity index (χ0n) is 22.4. The van der Waals surface area contributed by atoms with Gasteiger partial charge in [-0.15, -0.1) is 0 Å². The van der Waals surface area contributed by atoms with Gasteiger partial charge in [-0.3, -0.25) is 9.69 Å². The smallest absolute Gasteiger partial charge is 0.416 e. The maximum absolute atomic E-state index is 15.2. The highest BCUT2D eigenvalue weighted by atomic mass is 19.4. The van der Waals surface area contributed by atoms with Crippen molar-refractivity contribution >= 4 is 5.97 Å². The van der Waals surface area contributed by atoms with Crippen molar-refractivity contribution in [3.8, 4) is 0 Å². The molecule has 1 fully saturated rings. The van der Waals surface area contributed by atoms with Gasteiger partial charge in [-0.1, -0.05) is 60.1 Å². The van der Waals surface area contributed by atoms with E-state index in [4.69, 9.17) is 0 Å². The highest BCUT2D eigenvalue weighted by molar-refractivity contribution is 5.67. The Bertz CT molecular complexity index is 853. The summed E-state index contributed by atoms with van der Waals surface area (Å²) in [5, 5.41) is 9.48. The Morgan fingerprint density at radius 1 is 1.00 bits per heavy atom. The quantitative estimate of drug-likeness (QED) is 0.332. The summed E-state index contributed by atoms with van der Waals surface area (Å²) >= 11 is 0. The number of carboxylic acid groups (broad SMARTS) is 1. The van der Waals surface area contributed by atoms with Crippen LogP contribution in [-0.2, 0) is 11.0 Å². The molecule has 0 aliphatic carbocycles. The molecule has 0 radical (unpaired) electrons. The largest absolute Gasteiger partial charge is 0.481 e. The zero-order valence-corrected chi connectivity index (χ0v) is 22.4. The van der Waals surface area contributed by atoms with E-state index in [9.17, 15) is 23.1 Å². The topological polar surface area (TPSA) is 40.5 Å². The van der Waals surface area contributed by atoms with Crippen LogP contribution in [0.15, 0.2) is 24.3 Å². The Hall–Kier alpha value is -1.70. The van der Waals surface area contributed by atoms with Crippen LogP contribution in [-0.4, -0.2) is 34.5 Å². The molecule has 2 rings (SSSR count). The Morgan fingerprint density at radius 3 is 2.03 bits per heavy atom. The number of rotatable bonds is 9. The molecule has 36 heavy (non-hydrogen) atoms. The SMILES string of the molecule is CC(C)(C)CCC[C@@H](CCC(C)(C)C)N1CCC(F)(F)[C@H](CC(=O)O)[C@H]1c1ccc(C(F)(F)F)cc1. The van der Waals surface area contributed by atoms with Crippen LogP contribution in [0.25, 0.3) is 0 Å². The van der Waals surface area contributed by atoms with Gasteiger partial charge in [0.15, 0.2) is 0 Å². The van der Waals surface area contributed by atoms with Crippen LogP contribution in [0.1, 0.15) is 104 Å². The molecule has 1 aromatic rings. The number of carbonyl (C=O) groups is 1. The van der Waals surface area contributed by atoms with Crippen LogP contribution in [0.4, 0.5) is 22.0 Å². The molecule has 1 N–H and O–H groups in total. The third-order valence-electron chi connectivity index (χ3n) is 7.12. The van der Waals surface area contributed by atoms with E-state index in [1.807, 2.05) is 4.90 Å². The molecule has 0 unspecified atom stereocenters. The lowest BCUT2D eigenvalue weighted by Crippen LogP contribution is -2.53. The minimum Gasteiger partial charge on any atom is -0.481 e. The predicted octanol–water partition coefficient (Wildman–Crippen LogP) is 8.59. The Labute approximate surface area is 212 Å². The van der Waals surface area contributed by atoms with Crippen LogP contribution in [0.2, 0.25) is 0 Å². The highest BCUT2D eigenvalue weighted by Crippen LogP contribution is 2.49. The standard InChI is InChI=1S/C28H42F5NO2/c1-25(2,3)14-7-8-21(13-15-26(4,5)6)34-17-16-27(29,30)22(18-23(35)36)24(34)19-9-11-20(12-10-19)28(31,32)33/h9-12,21-22,24H,7-8,13-18H2,1-6H3,(H,35,36)/t21-,22+,24+/m0/s1. The van der Waals surface area contributed by atoms with Gasteiger partial charge in [0.1, 0.15) is 0 Å². The Kier molecular flexibility index (Phi) is 9.63. The van der Waals surface area contributed by atoms with E-state index in [1.165, 1.54) is 12.1 Å². The molecule has 206 valence electrons. The van der Waals surface area contributed by atoms with Gasteiger partial charge in [0.2, 0.25) is 0 Å². The van der Waals surface area contributed by atoms with E-state index < -0.39 is 48.4 Å². The number of alkyl halides is 5. The van der Waals surface area contributed by atoms with E-state index in [1.54, 1.807) is 0 Å². The fourth-order valence-electron chi connectivity index (χ4n) is 5.16. The summed E-state index contributed by atoms with van der Waals surface area (Å²) in [5.74, 6) is -6.10. The van der Waals surface area contributed by atoms with Gasteiger partial charge in [-0.25, -0.2) is 8.78 Å². The van der Waals surface area contributed by atoms with Crippen molar-refractivity contribution in [1.82, 2.24) is 4.90 Å². The van der Waals surface area contributed by atoms with Gasteiger partial charge >= 0.3 is 12.1 Å². The zero-order chi connectivity index (χ0) is 27.5. The molecule has 0 amide bonds. The molecule has 3 atom stereocenters. The molecule has 1 aromatic carbocycles. The fourth-order valence-corrected chi connectivity index (χ4v) is 5.16. The molecule has 1 saturated heterocycles. The first-order chi connectivity index (χ1) is 16.3. The van der Waals surface area contributed by atoms with Crippen molar-refractivity contribution in [2.24, 2.45) is 16.7 Å². The van der Waals surface area contributed by atoms with Crippen LogP contribution >= 0.6 is 0 Å². The average Bonchev–Trinajstić information content (AvgIpc) is 2.70. The molecule has 3 nitrogen and oxygen atoms in total. The van der Waals surface area contributed by atoms with Gasteiger partial charge in [-0.2, -0.15) is 13.2 Å². The third kappa shape index (κ3) is 9.00. The number of nitrogens with zero attached hydrogens (tertiary/aromatic N) is 1. The third-order valence-corrected chi connectivity index (χ3v) is 7.12. The maximum Gasteiger partial charge on any atom is 0.416 e. The van der Waals surface area contributed by atoms with Crippen LogP contribution in [0.5, 0.6) is 0 Å². The second-order valence-electron chi connectivity index (χ2n) is 12.7. The molecular formula is C28H42F5NO2. The van der Waals surface area contributed by atoms with E-state index in [0.29, 0.717) is 5.56 Å². The molecule has 1 heterocycles. The molecule has 0 saturated carbocycles. The number of piperidine rings is 1. The highest BCUT2D eigenvalue weighted by Gasteiger charge is 2.52. The summed E-state index contributed by atoms with van der Waals surface area (Å²) in [4.78, 5) is 13.6. The lowest BCUT2D eigenvalue weighted by atomic mass is 9.77. The number of aliphatic carboxylic acids is 1. The summed E-state index contributed by atoms with van der Waals surface area (Å²) in [5.41, 5.74) is -0.413. The molecule has 0 bridgehead atoms. The first-order valence-electron chi connectivity index (χ1n) is 12.8. The first-order valence-corrected chi connectivity index (χ1v) is 12.8. The van der Waals surface area contributed by atoms with Gasteiger partial charge < -0.3 is 5.11 Å². The van der Waals surface area contributed by atoms with Gasteiger partial charge in [0.25, 0.3) is 5.92 Å². The summed E-state index contributed by atoms with van der Waals surface area (Å²) in [6, 6.07) is 3.24. The lowest BCUT2D eigenvalue weighted by molar-refractivity contribution is -0.163. The number of carboxylic acids is 1. The molecule has 0 aromatic heterocycles. The van der Waals surface area contributed by atoms with Crippen LogP contribution < -0.4 is 0 Å². The molecule has 1 aliphatic heterocycles. The van der Waals surface area contributed by atoms with Crippen molar-refractivity contribution in [3.05, 3.63) is 35.4 Å². The molecule has 8 heteroatoms. The Morgan fingerprint density at radius 2 is 1.56 bits per heavy atom. The van der Waals surface area contributed by atoms with E-state index in [2.05, 4.69) is 41.5 Å². The summed E-state index contributed by atoms with van der Waals surface area (Å²) < 4.78 is 69.9. The normalized spacial score (nSPS) is 22.4. The van der Waals surface area contributed by atoms with Crippen LogP contribution in [0, 0.1) is 16.7 Å². The average molecular weight is 520 g/mol. The number of hydrogen-bond acceptors (Lipinski definition) is 2. The second-order valence-corrected chi connectivity index (χ2v) is 12.7. The molecule has 0 spiro atoms. The summed E-state index contributed by atoms with van der Waals surface area (Å²) in [6.07, 6.45) is -1.57. The number of halogens is 5. The van der Waals surface area contributed by atoms with Crippen molar-refractivity contribution in [3.63, 3.8) is 0 Å². The number of benzene rings is 1. The number of likely N-dealkylation sites (tertiary alicyclic amines) is 1. The van der Waals surface area contributed by atoms with Gasteiger partial charge in [0.05, 0.1) is 17.9 Å². The molecule has 1 aliphatic rings. The minimum absolute atomic E-state index is 0.0202. The summed E-state index contributed by atoms with van der Waals surface area (Å²) in [7, 11) is 0.